The van der Waals surface area contributed by atoms with Gasteiger partial charge in [0, 0.05) is 32.8 Å². The van der Waals surface area contributed by atoms with Crippen LogP contribution in [0.1, 0.15) is 11.3 Å². The summed E-state index contributed by atoms with van der Waals surface area (Å²) in [4.78, 5) is 2.06. The lowest BCUT2D eigenvalue weighted by Gasteiger charge is -2.25. The van der Waals surface area contributed by atoms with Crippen LogP contribution in [0.25, 0.3) is 5.69 Å². The van der Waals surface area contributed by atoms with E-state index in [2.05, 4.69) is 11.5 Å². The zero-order valence-electron chi connectivity index (χ0n) is 19.7. The van der Waals surface area contributed by atoms with Gasteiger partial charge < -0.3 is 19.3 Å². The van der Waals surface area contributed by atoms with Gasteiger partial charge in [-0.2, -0.15) is 5.10 Å². The lowest BCUT2D eigenvalue weighted by molar-refractivity contribution is 0.0192. The van der Waals surface area contributed by atoms with Crippen LogP contribution < -0.4 is 4.74 Å². The van der Waals surface area contributed by atoms with E-state index in [1.807, 2.05) is 37.3 Å². The van der Waals surface area contributed by atoms with Gasteiger partial charge >= 0.3 is 0 Å². The summed E-state index contributed by atoms with van der Waals surface area (Å²) < 4.78 is 32.4. The minimum atomic E-state index is -0.686. The molecule has 3 aromatic rings. The fraction of sp³-hybridized carbons (Fsp3) is 0.346. The van der Waals surface area contributed by atoms with Crippen molar-refractivity contribution in [2.45, 2.75) is 19.6 Å². The topological polar surface area (TPSA) is 69.0 Å². The summed E-state index contributed by atoms with van der Waals surface area (Å²) in [5.74, 6) is 0.486. The number of hydrogen-bond donors (Lipinski definition) is 1. The fourth-order valence-electron chi connectivity index (χ4n) is 3.53. The molecule has 8 heteroatoms. The van der Waals surface area contributed by atoms with Crippen molar-refractivity contribution in [3.05, 3.63) is 84.3 Å². The number of benzene rings is 2. The van der Waals surface area contributed by atoms with Crippen LogP contribution in [0.4, 0.5) is 4.39 Å². The van der Waals surface area contributed by atoms with E-state index >= 15 is 0 Å². The summed E-state index contributed by atoms with van der Waals surface area (Å²) >= 11 is 0. The molecule has 2 aromatic carbocycles. The van der Waals surface area contributed by atoms with Crippen LogP contribution in [0, 0.1) is 12.7 Å². The molecule has 182 valence electrons. The molecular formula is C26H32FN3O4. The van der Waals surface area contributed by atoms with Crippen molar-refractivity contribution >= 4 is 0 Å². The van der Waals surface area contributed by atoms with E-state index in [-0.39, 0.29) is 12.4 Å². The molecule has 0 fully saturated rings. The molecule has 0 saturated carbocycles. The third kappa shape index (κ3) is 7.23. The maximum atomic E-state index is 13.8. The predicted octanol–water partition coefficient (Wildman–Crippen LogP) is 4.12. The highest BCUT2D eigenvalue weighted by Gasteiger charge is 2.22. The number of aryl methyl sites for hydroxylation is 1. The quantitative estimate of drug-likeness (QED) is 0.283. The van der Waals surface area contributed by atoms with Gasteiger partial charge in [-0.25, -0.2) is 9.07 Å². The molecule has 1 aromatic heterocycles. The van der Waals surface area contributed by atoms with Crippen molar-refractivity contribution in [2.75, 3.05) is 40.0 Å². The predicted molar refractivity (Wildman–Crippen MR) is 129 cm³/mol. The van der Waals surface area contributed by atoms with E-state index in [0.717, 1.165) is 16.9 Å². The number of halogens is 1. The molecule has 0 amide bonds. The van der Waals surface area contributed by atoms with E-state index in [1.165, 1.54) is 12.1 Å². The van der Waals surface area contributed by atoms with Gasteiger partial charge in [0.05, 0.1) is 42.9 Å². The minimum Gasteiger partial charge on any atom is -0.438 e. The molecule has 0 saturated heterocycles. The fourth-order valence-corrected chi connectivity index (χ4v) is 3.53. The minimum absolute atomic E-state index is 0.199. The van der Waals surface area contributed by atoms with E-state index in [9.17, 15) is 9.50 Å². The number of methoxy groups -OCH3 is 1. The summed E-state index contributed by atoms with van der Waals surface area (Å²) in [6, 6.07) is 15.6. The SMILES string of the molecule is C=CCOC[C@@H](O)CN(CCOC)Cc1c(C)nn(-c2ccccc2)c1Oc1cccc(F)c1. The van der Waals surface area contributed by atoms with Gasteiger partial charge in [-0.05, 0) is 31.2 Å². The Morgan fingerprint density at radius 2 is 2.00 bits per heavy atom. The molecule has 0 unspecified atom stereocenters. The third-order valence-electron chi connectivity index (χ3n) is 5.16. The van der Waals surface area contributed by atoms with Gasteiger partial charge in [0.2, 0.25) is 5.88 Å². The zero-order chi connectivity index (χ0) is 24.3. The van der Waals surface area contributed by atoms with Gasteiger partial charge in [-0.15, -0.1) is 6.58 Å². The van der Waals surface area contributed by atoms with Gasteiger partial charge in [0.15, 0.2) is 0 Å². The number of aromatic nitrogens is 2. The van der Waals surface area contributed by atoms with E-state index < -0.39 is 6.10 Å². The molecule has 1 atom stereocenters. The average molecular weight is 470 g/mol. The zero-order valence-corrected chi connectivity index (χ0v) is 19.7. The van der Waals surface area contributed by atoms with Gasteiger partial charge in [0.25, 0.3) is 0 Å². The Morgan fingerprint density at radius 3 is 2.71 bits per heavy atom. The molecule has 0 spiro atoms. The number of hydrogen-bond acceptors (Lipinski definition) is 6. The average Bonchev–Trinajstić information content (AvgIpc) is 3.13. The summed E-state index contributed by atoms with van der Waals surface area (Å²) in [6.07, 6.45) is 0.959. The lowest BCUT2D eigenvalue weighted by Crippen LogP contribution is -2.36. The highest BCUT2D eigenvalue weighted by molar-refractivity contribution is 5.43. The first-order chi connectivity index (χ1) is 16.5. The molecule has 0 bridgehead atoms. The number of ether oxygens (including phenoxy) is 3. The summed E-state index contributed by atoms with van der Waals surface area (Å²) in [5.41, 5.74) is 2.43. The second kappa shape index (κ2) is 13.0. The van der Waals surface area contributed by atoms with Crippen LogP contribution in [-0.2, 0) is 16.0 Å². The molecular weight excluding hydrogens is 437 g/mol. The van der Waals surface area contributed by atoms with E-state index in [4.69, 9.17) is 19.3 Å². The number of aliphatic hydroxyl groups is 1. The Labute approximate surface area is 200 Å². The van der Waals surface area contributed by atoms with Crippen molar-refractivity contribution in [2.24, 2.45) is 0 Å². The summed E-state index contributed by atoms with van der Waals surface area (Å²) in [6.45, 7) is 8.01. The normalized spacial score (nSPS) is 12.1. The van der Waals surface area contributed by atoms with Crippen LogP contribution in [0.15, 0.2) is 67.3 Å². The van der Waals surface area contributed by atoms with Crippen LogP contribution in [-0.4, -0.2) is 65.9 Å². The summed E-state index contributed by atoms with van der Waals surface area (Å²) in [5, 5.41) is 15.2. The van der Waals surface area contributed by atoms with Gasteiger partial charge in [0.1, 0.15) is 11.6 Å². The summed E-state index contributed by atoms with van der Waals surface area (Å²) in [7, 11) is 1.64. The third-order valence-corrected chi connectivity index (χ3v) is 5.16. The first-order valence-electron chi connectivity index (χ1n) is 11.2. The molecule has 0 aliphatic carbocycles. The van der Waals surface area contributed by atoms with E-state index in [1.54, 1.807) is 30.0 Å². The Balaban J connectivity index is 1.92. The molecule has 3 rings (SSSR count). The standard InChI is InChI=1S/C26H32FN3O4/c1-4-14-33-19-23(31)17-29(13-15-32-3)18-25-20(2)28-30(22-10-6-5-7-11-22)26(25)34-24-12-8-9-21(27)16-24/h4-12,16,23,31H,1,13-15,17-19H2,2-3H3/t23-/m0/s1. The van der Waals surface area contributed by atoms with Gasteiger partial charge in [-0.3, -0.25) is 4.90 Å². The van der Waals surface area contributed by atoms with Crippen LogP contribution >= 0.6 is 0 Å². The van der Waals surface area contributed by atoms with Crippen molar-refractivity contribution < 1.29 is 23.7 Å². The first-order valence-corrected chi connectivity index (χ1v) is 11.2. The number of aliphatic hydroxyl groups excluding tert-OH is 1. The molecule has 1 N–H and O–H groups in total. The lowest BCUT2D eigenvalue weighted by atomic mass is 10.2. The maximum Gasteiger partial charge on any atom is 0.227 e. The molecule has 0 radical (unpaired) electrons. The molecule has 7 nitrogen and oxygen atoms in total. The van der Waals surface area contributed by atoms with Crippen LogP contribution in [0.2, 0.25) is 0 Å². The van der Waals surface area contributed by atoms with E-state index in [0.29, 0.717) is 44.5 Å². The van der Waals surface area contributed by atoms with Gasteiger partial charge in [-0.1, -0.05) is 30.3 Å². The maximum absolute atomic E-state index is 13.8. The first kappa shape index (κ1) is 25.6. The van der Waals surface area contributed by atoms with Crippen molar-refractivity contribution in [1.82, 2.24) is 14.7 Å². The van der Waals surface area contributed by atoms with Crippen molar-refractivity contribution in [3.63, 3.8) is 0 Å². The smallest absolute Gasteiger partial charge is 0.227 e. The second-order valence-electron chi connectivity index (χ2n) is 7.88. The Hall–Kier alpha value is -3.04. The second-order valence-corrected chi connectivity index (χ2v) is 7.88. The number of rotatable bonds is 14. The highest BCUT2D eigenvalue weighted by Crippen LogP contribution is 2.32. The van der Waals surface area contributed by atoms with Crippen LogP contribution in [0.3, 0.4) is 0 Å². The number of nitrogens with zero attached hydrogens (tertiary/aromatic N) is 3. The molecule has 0 aliphatic heterocycles. The monoisotopic (exact) mass is 469 g/mol. The highest BCUT2D eigenvalue weighted by atomic mass is 19.1. The molecule has 34 heavy (non-hydrogen) atoms. The largest absolute Gasteiger partial charge is 0.438 e. The molecule has 1 heterocycles. The van der Waals surface area contributed by atoms with Crippen LogP contribution in [0.5, 0.6) is 11.6 Å². The van der Waals surface area contributed by atoms with Crippen molar-refractivity contribution in [1.29, 1.82) is 0 Å². The Morgan fingerprint density at radius 1 is 1.21 bits per heavy atom. The number of para-hydroxylation sites is 1. The van der Waals surface area contributed by atoms with Crippen molar-refractivity contribution in [3.8, 4) is 17.3 Å². The molecule has 0 aliphatic rings. The Bertz CT molecular complexity index is 1040. The Kier molecular flexibility index (Phi) is 9.78.